The Morgan fingerprint density at radius 1 is 1.11 bits per heavy atom. The monoisotopic (exact) mass is 383 g/mol. The normalized spacial score (nSPS) is 12.4. The van der Waals surface area contributed by atoms with Crippen molar-refractivity contribution in [2.45, 2.75) is 17.4 Å². The summed E-state index contributed by atoms with van der Waals surface area (Å²) in [6.45, 7) is 0. The van der Waals surface area contributed by atoms with Crippen LogP contribution in [-0.2, 0) is 6.42 Å². The van der Waals surface area contributed by atoms with Gasteiger partial charge < -0.3 is 5.32 Å². The molecule has 1 unspecified atom stereocenters. The highest BCUT2D eigenvalue weighted by Crippen LogP contribution is 2.27. The van der Waals surface area contributed by atoms with Gasteiger partial charge in [-0.25, -0.2) is 0 Å². The zero-order valence-corrected chi connectivity index (χ0v) is 14.2. The fraction of sp³-hybridized carbons (Fsp3) is 0.250. The van der Waals surface area contributed by atoms with Gasteiger partial charge in [-0.05, 0) is 71.6 Å². The lowest BCUT2D eigenvalue weighted by Gasteiger charge is -2.19. The molecule has 1 atom stereocenters. The lowest BCUT2D eigenvalue weighted by molar-refractivity contribution is 0.583. The van der Waals surface area contributed by atoms with Crippen LogP contribution in [0.25, 0.3) is 0 Å². The van der Waals surface area contributed by atoms with E-state index in [1.54, 1.807) is 0 Å². The Morgan fingerprint density at radius 2 is 1.79 bits per heavy atom. The zero-order chi connectivity index (χ0) is 13.7. The first-order valence-electron chi connectivity index (χ1n) is 6.29. The molecule has 0 saturated heterocycles. The minimum absolute atomic E-state index is 0.365. The molecule has 100 valence electrons. The molecule has 0 aliphatic rings. The number of thioether (sulfide) groups is 1. The highest BCUT2D eigenvalue weighted by molar-refractivity contribution is 14.1. The molecule has 1 N–H and O–H groups in total. The maximum Gasteiger partial charge on any atom is 0.0369 e. The van der Waals surface area contributed by atoms with Gasteiger partial charge in [0.05, 0.1) is 0 Å². The number of hydrogen-bond acceptors (Lipinski definition) is 2. The fourth-order valence-electron chi connectivity index (χ4n) is 2.18. The fourth-order valence-corrected chi connectivity index (χ4v) is 3.20. The summed E-state index contributed by atoms with van der Waals surface area (Å²) < 4.78 is 1.28. The van der Waals surface area contributed by atoms with Gasteiger partial charge in [0.15, 0.2) is 0 Å². The summed E-state index contributed by atoms with van der Waals surface area (Å²) in [6, 6.07) is 17.8. The molecular weight excluding hydrogens is 365 g/mol. The van der Waals surface area contributed by atoms with Crippen molar-refractivity contribution in [1.82, 2.24) is 5.32 Å². The van der Waals surface area contributed by atoms with Gasteiger partial charge >= 0.3 is 0 Å². The van der Waals surface area contributed by atoms with Crippen LogP contribution in [0.1, 0.15) is 17.2 Å². The van der Waals surface area contributed by atoms with Gasteiger partial charge in [-0.15, -0.1) is 11.8 Å². The highest BCUT2D eigenvalue weighted by Gasteiger charge is 2.13. The Labute approximate surface area is 133 Å². The van der Waals surface area contributed by atoms with Gasteiger partial charge in [0, 0.05) is 14.5 Å². The van der Waals surface area contributed by atoms with Gasteiger partial charge in [0.25, 0.3) is 0 Å². The number of nitrogens with one attached hydrogen (secondary N) is 1. The third-order valence-corrected chi connectivity index (χ3v) is 4.75. The lowest BCUT2D eigenvalue weighted by atomic mass is 9.99. The van der Waals surface area contributed by atoms with E-state index in [-0.39, 0.29) is 0 Å². The smallest absolute Gasteiger partial charge is 0.0369 e. The van der Waals surface area contributed by atoms with E-state index in [0.717, 1.165) is 6.42 Å². The van der Waals surface area contributed by atoms with Crippen LogP contribution < -0.4 is 5.32 Å². The second-order valence-electron chi connectivity index (χ2n) is 4.41. The van der Waals surface area contributed by atoms with Gasteiger partial charge in [0.2, 0.25) is 0 Å². The Hall–Kier alpha value is -0.520. The molecule has 2 aromatic rings. The van der Waals surface area contributed by atoms with Crippen molar-refractivity contribution in [3.05, 3.63) is 63.2 Å². The van der Waals surface area contributed by atoms with Crippen molar-refractivity contribution >= 4 is 34.4 Å². The average molecular weight is 383 g/mol. The minimum atomic E-state index is 0.365. The molecule has 0 fully saturated rings. The largest absolute Gasteiger partial charge is 0.313 e. The van der Waals surface area contributed by atoms with Crippen molar-refractivity contribution in [3.63, 3.8) is 0 Å². The maximum absolute atomic E-state index is 3.44. The van der Waals surface area contributed by atoms with Crippen molar-refractivity contribution < 1.29 is 0 Å². The Morgan fingerprint density at radius 3 is 2.42 bits per heavy atom. The predicted molar refractivity (Wildman–Crippen MR) is 92.9 cm³/mol. The molecule has 0 heterocycles. The second kappa shape index (κ2) is 7.31. The molecule has 0 aliphatic carbocycles. The van der Waals surface area contributed by atoms with Crippen LogP contribution in [-0.4, -0.2) is 13.3 Å². The summed E-state index contributed by atoms with van der Waals surface area (Å²) in [5.41, 5.74) is 2.76. The van der Waals surface area contributed by atoms with E-state index < -0.39 is 0 Å². The Kier molecular flexibility index (Phi) is 5.73. The maximum atomic E-state index is 3.44. The molecule has 2 rings (SSSR count). The summed E-state index contributed by atoms with van der Waals surface area (Å²) in [5.74, 6) is 0. The summed E-state index contributed by atoms with van der Waals surface area (Å²) in [4.78, 5) is 1.35. The van der Waals surface area contributed by atoms with Gasteiger partial charge in [-0.3, -0.25) is 0 Å². The van der Waals surface area contributed by atoms with Crippen molar-refractivity contribution in [2.24, 2.45) is 0 Å². The molecule has 19 heavy (non-hydrogen) atoms. The number of likely N-dealkylation sites (N-methyl/N-ethyl adjacent to an activating group) is 1. The molecule has 0 bridgehead atoms. The molecule has 0 amide bonds. The molecule has 0 aliphatic heterocycles. The SMILES string of the molecule is CNC(Cc1ccc(I)cc1)c1ccccc1SC. The van der Waals surface area contributed by atoms with E-state index in [2.05, 4.69) is 82.7 Å². The van der Waals surface area contributed by atoms with Crippen LogP contribution >= 0.6 is 34.4 Å². The van der Waals surface area contributed by atoms with E-state index in [9.17, 15) is 0 Å². The molecule has 0 aromatic heterocycles. The van der Waals surface area contributed by atoms with Crippen LogP contribution in [0.15, 0.2) is 53.4 Å². The number of rotatable bonds is 5. The van der Waals surface area contributed by atoms with Crippen LogP contribution in [0.4, 0.5) is 0 Å². The van der Waals surface area contributed by atoms with Crippen LogP contribution in [0.3, 0.4) is 0 Å². The number of halogens is 1. The van der Waals surface area contributed by atoms with Gasteiger partial charge in [-0.1, -0.05) is 30.3 Å². The molecule has 3 heteroatoms. The molecular formula is C16H18INS. The van der Waals surface area contributed by atoms with Crippen LogP contribution in [0, 0.1) is 3.57 Å². The van der Waals surface area contributed by atoms with Crippen molar-refractivity contribution in [1.29, 1.82) is 0 Å². The quantitative estimate of drug-likeness (QED) is 0.602. The van der Waals surface area contributed by atoms with Crippen molar-refractivity contribution in [3.8, 4) is 0 Å². The summed E-state index contributed by atoms with van der Waals surface area (Å²) in [7, 11) is 2.04. The van der Waals surface area contributed by atoms with Crippen LogP contribution in [0.2, 0.25) is 0 Å². The second-order valence-corrected chi connectivity index (χ2v) is 6.51. The Balaban J connectivity index is 2.22. The first-order valence-corrected chi connectivity index (χ1v) is 8.59. The van der Waals surface area contributed by atoms with E-state index in [0.29, 0.717) is 6.04 Å². The summed E-state index contributed by atoms with van der Waals surface area (Å²) in [5, 5.41) is 3.44. The third-order valence-electron chi connectivity index (χ3n) is 3.22. The number of benzene rings is 2. The van der Waals surface area contributed by atoms with E-state index in [4.69, 9.17) is 0 Å². The van der Waals surface area contributed by atoms with Crippen LogP contribution in [0.5, 0.6) is 0 Å². The summed E-state index contributed by atoms with van der Waals surface area (Å²) >= 11 is 4.15. The average Bonchev–Trinajstić information content (AvgIpc) is 2.46. The number of hydrogen-bond donors (Lipinski definition) is 1. The Bertz CT molecular complexity index is 525. The van der Waals surface area contributed by atoms with E-state index in [1.165, 1.54) is 19.6 Å². The van der Waals surface area contributed by atoms with E-state index >= 15 is 0 Å². The zero-order valence-electron chi connectivity index (χ0n) is 11.2. The van der Waals surface area contributed by atoms with E-state index in [1.807, 2.05) is 18.8 Å². The molecule has 0 saturated carbocycles. The van der Waals surface area contributed by atoms with Crippen molar-refractivity contribution in [2.75, 3.05) is 13.3 Å². The highest BCUT2D eigenvalue weighted by atomic mass is 127. The van der Waals surface area contributed by atoms with Gasteiger partial charge in [0.1, 0.15) is 0 Å². The first kappa shape index (κ1) is 14.9. The molecule has 2 aromatic carbocycles. The molecule has 0 radical (unpaired) electrons. The topological polar surface area (TPSA) is 12.0 Å². The first-order chi connectivity index (χ1) is 9.24. The molecule has 1 nitrogen and oxygen atoms in total. The molecule has 0 spiro atoms. The summed E-state index contributed by atoms with van der Waals surface area (Å²) in [6.07, 6.45) is 3.15. The predicted octanol–water partition coefficient (Wildman–Crippen LogP) is 4.52. The minimum Gasteiger partial charge on any atom is -0.313 e. The third kappa shape index (κ3) is 3.97. The van der Waals surface area contributed by atoms with Gasteiger partial charge in [-0.2, -0.15) is 0 Å². The standard InChI is InChI=1S/C16H18INS/c1-18-15(11-12-7-9-13(17)10-8-12)14-5-3-4-6-16(14)19-2/h3-10,15,18H,11H2,1-2H3. The lowest BCUT2D eigenvalue weighted by Crippen LogP contribution is -2.19.